The second-order valence-corrected chi connectivity index (χ2v) is 5.11. The summed E-state index contributed by atoms with van der Waals surface area (Å²) in [6, 6.07) is 7.88. The maximum atomic E-state index is 11.2. The largest absolute Gasteiger partial charge is 0.465 e. The maximum absolute atomic E-state index is 11.2. The Bertz CT molecular complexity index is 513. The summed E-state index contributed by atoms with van der Waals surface area (Å²) in [5, 5.41) is 12.6. The number of hydrogen-bond acceptors (Lipinski definition) is 3. The molecule has 1 aromatic carbocycles. The van der Waals surface area contributed by atoms with Crippen LogP contribution in [0.15, 0.2) is 36.4 Å². The lowest BCUT2D eigenvalue weighted by Gasteiger charge is -2.38. The van der Waals surface area contributed by atoms with E-state index in [0.717, 1.165) is 24.2 Å². The molecule has 2 aliphatic rings. The molecule has 1 saturated heterocycles. The SMILES string of the molecule is Nc1ccccc1NC1CC2C=CC(C1)N2C(=O)O. The number of nitrogens with zero attached hydrogens (tertiary/aromatic N) is 1. The van der Waals surface area contributed by atoms with Gasteiger partial charge in [0, 0.05) is 6.04 Å². The summed E-state index contributed by atoms with van der Waals surface area (Å²) in [6.45, 7) is 0. The molecule has 19 heavy (non-hydrogen) atoms. The van der Waals surface area contributed by atoms with Crippen molar-refractivity contribution in [2.45, 2.75) is 31.0 Å². The number of benzene rings is 1. The van der Waals surface area contributed by atoms with Crippen molar-refractivity contribution in [1.29, 1.82) is 0 Å². The van der Waals surface area contributed by atoms with Gasteiger partial charge in [-0.05, 0) is 25.0 Å². The molecule has 0 radical (unpaired) electrons. The Balaban J connectivity index is 1.71. The number of nitrogens with two attached hydrogens (primary N) is 1. The number of carboxylic acid groups (broad SMARTS) is 1. The Hall–Kier alpha value is -2.17. The van der Waals surface area contributed by atoms with Crippen LogP contribution in [0.1, 0.15) is 12.8 Å². The number of hydrogen-bond donors (Lipinski definition) is 3. The maximum Gasteiger partial charge on any atom is 0.408 e. The molecule has 2 unspecified atom stereocenters. The number of carbonyl (C=O) groups is 1. The summed E-state index contributed by atoms with van der Waals surface area (Å²) >= 11 is 0. The van der Waals surface area contributed by atoms with E-state index in [1.807, 2.05) is 36.4 Å². The zero-order valence-electron chi connectivity index (χ0n) is 10.5. The number of fused-ring (bicyclic) bond motifs is 2. The zero-order chi connectivity index (χ0) is 13.4. The standard InChI is InChI=1S/C14H17N3O2/c15-12-3-1-2-4-13(12)16-9-7-10-5-6-11(8-9)17(10)14(18)19/h1-6,9-11,16H,7-8,15H2,(H,18,19). The van der Waals surface area contributed by atoms with Crippen molar-refractivity contribution in [2.24, 2.45) is 0 Å². The van der Waals surface area contributed by atoms with E-state index in [-0.39, 0.29) is 18.1 Å². The highest BCUT2D eigenvalue weighted by Gasteiger charge is 2.39. The predicted octanol–water partition coefficient (Wildman–Crippen LogP) is 2.13. The van der Waals surface area contributed by atoms with Crippen LogP contribution in [0.4, 0.5) is 16.2 Å². The second-order valence-electron chi connectivity index (χ2n) is 5.11. The molecule has 5 heteroatoms. The third-order valence-electron chi connectivity index (χ3n) is 3.86. The minimum Gasteiger partial charge on any atom is -0.465 e. The molecule has 0 spiro atoms. The van der Waals surface area contributed by atoms with Crippen molar-refractivity contribution in [2.75, 3.05) is 11.1 Å². The monoisotopic (exact) mass is 259 g/mol. The van der Waals surface area contributed by atoms with Crippen molar-refractivity contribution in [3.8, 4) is 0 Å². The van der Waals surface area contributed by atoms with Crippen molar-refractivity contribution < 1.29 is 9.90 Å². The average molecular weight is 259 g/mol. The summed E-state index contributed by atoms with van der Waals surface area (Å²) in [6.07, 6.45) is 4.72. The van der Waals surface area contributed by atoms with Crippen molar-refractivity contribution >= 4 is 17.5 Å². The first-order valence-corrected chi connectivity index (χ1v) is 6.46. The Kier molecular flexibility index (Phi) is 2.81. The number of amides is 1. The molecular formula is C14H17N3O2. The summed E-state index contributed by atoms with van der Waals surface area (Å²) in [5.41, 5.74) is 7.57. The van der Waals surface area contributed by atoms with Crippen LogP contribution >= 0.6 is 0 Å². The van der Waals surface area contributed by atoms with Gasteiger partial charge in [0.15, 0.2) is 0 Å². The van der Waals surface area contributed by atoms with Crippen LogP contribution in [-0.2, 0) is 0 Å². The number of rotatable bonds is 2. The summed E-state index contributed by atoms with van der Waals surface area (Å²) in [4.78, 5) is 12.7. The molecule has 4 N–H and O–H groups in total. The van der Waals surface area contributed by atoms with Crippen LogP contribution in [-0.4, -0.2) is 34.2 Å². The van der Waals surface area contributed by atoms with Gasteiger partial charge in [0.2, 0.25) is 0 Å². The Morgan fingerprint density at radius 1 is 1.26 bits per heavy atom. The Morgan fingerprint density at radius 3 is 2.47 bits per heavy atom. The van der Waals surface area contributed by atoms with Crippen LogP contribution in [0.5, 0.6) is 0 Å². The first-order valence-electron chi connectivity index (χ1n) is 6.46. The molecule has 100 valence electrons. The molecule has 2 bridgehead atoms. The smallest absolute Gasteiger partial charge is 0.408 e. The Labute approximate surface area is 111 Å². The van der Waals surface area contributed by atoms with Crippen LogP contribution in [0.2, 0.25) is 0 Å². The lowest BCUT2D eigenvalue weighted by Crippen LogP contribution is -2.49. The lowest BCUT2D eigenvalue weighted by molar-refractivity contribution is 0.106. The quantitative estimate of drug-likeness (QED) is 0.561. The molecule has 5 nitrogen and oxygen atoms in total. The molecule has 2 aliphatic heterocycles. The molecule has 3 rings (SSSR count). The van der Waals surface area contributed by atoms with E-state index in [2.05, 4.69) is 5.32 Å². The number of para-hydroxylation sites is 2. The van der Waals surface area contributed by atoms with Gasteiger partial charge in [0.1, 0.15) is 0 Å². The van der Waals surface area contributed by atoms with Crippen molar-refractivity contribution in [1.82, 2.24) is 4.90 Å². The average Bonchev–Trinajstić information content (AvgIpc) is 2.65. The molecule has 2 atom stereocenters. The number of nitrogen functional groups attached to an aromatic ring is 1. The first kappa shape index (κ1) is 11.9. The van der Waals surface area contributed by atoms with Crippen molar-refractivity contribution in [3.05, 3.63) is 36.4 Å². The highest BCUT2D eigenvalue weighted by atomic mass is 16.4. The minimum absolute atomic E-state index is 0.0151. The normalized spacial score (nSPS) is 28.4. The zero-order valence-corrected chi connectivity index (χ0v) is 10.5. The molecule has 1 fully saturated rings. The van der Waals surface area contributed by atoms with E-state index in [1.54, 1.807) is 0 Å². The number of anilines is 2. The van der Waals surface area contributed by atoms with Gasteiger partial charge in [-0.3, -0.25) is 4.90 Å². The minimum atomic E-state index is -0.835. The fourth-order valence-corrected chi connectivity index (χ4v) is 3.00. The van der Waals surface area contributed by atoms with Gasteiger partial charge >= 0.3 is 6.09 Å². The van der Waals surface area contributed by atoms with Crippen LogP contribution in [0.3, 0.4) is 0 Å². The van der Waals surface area contributed by atoms with E-state index in [4.69, 9.17) is 5.73 Å². The van der Waals surface area contributed by atoms with Crippen molar-refractivity contribution in [3.63, 3.8) is 0 Å². The van der Waals surface area contributed by atoms with Crippen LogP contribution in [0, 0.1) is 0 Å². The van der Waals surface area contributed by atoms with E-state index >= 15 is 0 Å². The Morgan fingerprint density at radius 2 is 1.89 bits per heavy atom. The third-order valence-corrected chi connectivity index (χ3v) is 3.86. The molecule has 1 amide bonds. The summed E-state index contributed by atoms with van der Waals surface area (Å²) in [7, 11) is 0. The fraction of sp³-hybridized carbons (Fsp3) is 0.357. The van der Waals surface area contributed by atoms with E-state index in [0.29, 0.717) is 0 Å². The molecule has 2 heterocycles. The van der Waals surface area contributed by atoms with Gasteiger partial charge < -0.3 is 16.2 Å². The molecule has 0 saturated carbocycles. The highest BCUT2D eigenvalue weighted by Crippen LogP contribution is 2.32. The lowest BCUT2D eigenvalue weighted by atomic mass is 9.96. The van der Waals surface area contributed by atoms with Crippen LogP contribution < -0.4 is 11.1 Å². The van der Waals surface area contributed by atoms with E-state index in [1.165, 1.54) is 4.90 Å². The van der Waals surface area contributed by atoms with E-state index in [9.17, 15) is 9.90 Å². The number of piperidine rings is 1. The van der Waals surface area contributed by atoms with Gasteiger partial charge in [-0.15, -0.1) is 0 Å². The predicted molar refractivity (Wildman–Crippen MR) is 74.1 cm³/mol. The molecule has 1 aromatic rings. The summed E-state index contributed by atoms with van der Waals surface area (Å²) in [5.74, 6) is 0. The molecular weight excluding hydrogens is 242 g/mol. The highest BCUT2D eigenvalue weighted by molar-refractivity contribution is 5.69. The third kappa shape index (κ3) is 2.12. The van der Waals surface area contributed by atoms with Gasteiger partial charge in [0.25, 0.3) is 0 Å². The number of nitrogens with one attached hydrogen (secondary N) is 1. The van der Waals surface area contributed by atoms with Crippen LogP contribution in [0.25, 0.3) is 0 Å². The van der Waals surface area contributed by atoms with E-state index < -0.39 is 6.09 Å². The molecule has 0 aliphatic carbocycles. The topological polar surface area (TPSA) is 78.6 Å². The van der Waals surface area contributed by atoms with Gasteiger partial charge in [-0.25, -0.2) is 4.79 Å². The summed E-state index contributed by atoms with van der Waals surface area (Å²) < 4.78 is 0. The van der Waals surface area contributed by atoms with Gasteiger partial charge in [-0.2, -0.15) is 0 Å². The van der Waals surface area contributed by atoms with Gasteiger partial charge in [0.05, 0.1) is 23.5 Å². The second kappa shape index (κ2) is 4.50. The first-order chi connectivity index (χ1) is 9.15. The van der Waals surface area contributed by atoms with Gasteiger partial charge in [-0.1, -0.05) is 24.3 Å². The fourth-order valence-electron chi connectivity index (χ4n) is 3.00. The molecule has 0 aromatic heterocycles.